The molecule has 7 heteroatoms. The Morgan fingerprint density at radius 1 is 1.25 bits per heavy atom. The van der Waals surface area contributed by atoms with Crippen LogP contribution in [0.15, 0.2) is 35.0 Å². The number of halogens is 2. The molecule has 0 atom stereocenters. The fourth-order valence-corrected chi connectivity index (χ4v) is 4.46. The van der Waals surface area contributed by atoms with Gasteiger partial charge in [-0.05, 0) is 30.4 Å². The predicted octanol–water partition coefficient (Wildman–Crippen LogP) is 4.74. The smallest absolute Gasteiger partial charge is 0.277 e. The van der Waals surface area contributed by atoms with E-state index in [9.17, 15) is 13.6 Å². The number of amides is 1. The Morgan fingerprint density at radius 2 is 2.12 bits per heavy atom. The summed E-state index contributed by atoms with van der Waals surface area (Å²) in [6, 6.07) is 5.96. The molecule has 0 spiro atoms. The molecule has 1 amide bonds. The second kappa shape index (κ2) is 6.07. The molecule has 0 bridgehead atoms. The fourth-order valence-electron chi connectivity index (χ4n) is 2.85. The molecule has 3 heterocycles. The zero-order valence-electron chi connectivity index (χ0n) is 12.5. The molecule has 4 rings (SSSR count). The van der Waals surface area contributed by atoms with Crippen LogP contribution in [0.4, 0.5) is 14.5 Å². The quantitative estimate of drug-likeness (QED) is 0.659. The minimum Gasteiger partial charge on any atom is -0.307 e. The van der Waals surface area contributed by atoms with Crippen LogP contribution in [0.5, 0.6) is 0 Å². The molecule has 1 aliphatic heterocycles. The number of anilines is 1. The van der Waals surface area contributed by atoms with Crippen LogP contribution in [-0.4, -0.2) is 17.4 Å². The SMILES string of the molecule is O=C(c1csc(-c2cccs2)n1)N1CCCc2c(F)cc(F)cc21. The maximum atomic E-state index is 14.0. The van der Waals surface area contributed by atoms with Crippen molar-refractivity contribution in [3.8, 4) is 9.88 Å². The summed E-state index contributed by atoms with van der Waals surface area (Å²) < 4.78 is 27.6. The van der Waals surface area contributed by atoms with Crippen LogP contribution in [0.2, 0.25) is 0 Å². The summed E-state index contributed by atoms with van der Waals surface area (Å²) in [4.78, 5) is 19.6. The number of thiophene rings is 1. The van der Waals surface area contributed by atoms with Crippen LogP contribution < -0.4 is 4.90 Å². The van der Waals surface area contributed by atoms with E-state index in [0.717, 1.165) is 16.0 Å². The highest BCUT2D eigenvalue weighted by atomic mass is 32.1. The number of carbonyl (C=O) groups excluding carboxylic acids is 1. The number of hydrogen-bond donors (Lipinski definition) is 0. The molecule has 24 heavy (non-hydrogen) atoms. The summed E-state index contributed by atoms with van der Waals surface area (Å²) in [6.45, 7) is 0.431. The minimum absolute atomic E-state index is 0.306. The minimum atomic E-state index is -0.677. The van der Waals surface area contributed by atoms with Gasteiger partial charge in [-0.15, -0.1) is 22.7 Å². The number of hydrogen-bond acceptors (Lipinski definition) is 4. The molecule has 0 radical (unpaired) electrons. The number of carbonyl (C=O) groups is 1. The van der Waals surface area contributed by atoms with Crippen molar-refractivity contribution >= 4 is 34.3 Å². The van der Waals surface area contributed by atoms with Gasteiger partial charge in [0.15, 0.2) is 0 Å². The number of fused-ring (bicyclic) bond motifs is 1. The van der Waals surface area contributed by atoms with Gasteiger partial charge < -0.3 is 4.90 Å². The zero-order valence-corrected chi connectivity index (χ0v) is 14.1. The average molecular weight is 362 g/mol. The van der Waals surface area contributed by atoms with Gasteiger partial charge in [0, 0.05) is 23.6 Å². The van der Waals surface area contributed by atoms with E-state index in [0.29, 0.717) is 36.3 Å². The summed E-state index contributed by atoms with van der Waals surface area (Å²) in [7, 11) is 0. The topological polar surface area (TPSA) is 33.2 Å². The summed E-state index contributed by atoms with van der Waals surface area (Å²) in [5.41, 5.74) is 1.01. The average Bonchev–Trinajstić information content (AvgIpc) is 3.25. The lowest BCUT2D eigenvalue weighted by Gasteiger charge is -2.29. The Morgan fingerprint density at radius 3 is 2.92 bits per heavy atom. The molecule has 3 aromatic rings. The highest BCUT2D eigenvalue weighted by molar-refractivity contribution is 7.20. The molecular weight excluding hydrogens is 350 g/mol. The van der Waals surface area contributed by atoms with E-state index in [1.54, 1.807) is 16.7 Å². The predicted molar refractivity (Wildman–Crippen MR) is 91.8 cm³/mol. The number of benzene rings is 1. The lowest BCUT2D eigenvalue weighted by molar-refractivity contribution is 0.0981. The number of nitrogens with zero attached hydrogens (tertiary/aromatic N) is 2. The largest absolute Gasteiger partial charge is 0.307 e. The van der Waals surface area contributed by atoms with E-state index >= 15 is 0 Å². The normalized spacial score (nSPS) is 13.8. The van der Waals surface area contributed by atoms with Crippen molar-refractivity contribution < 1.29 is 13.6 Å². The summed E-state index contributed by atoms with van der Waals surface area (Å²) in [5.74, 6) is -1.59. The molecule has 122 valence electrons. The van der Waals surface area contributed by atoms with E-state index in [2.05, 4.69) is 4.98 Å². The standard InChI is InChI=1S/C17H12F2N2OS2/c18-10-7-12(19)11-3-1-5-21(14(11)8-10)17(22)13-9-24-16(20-13)15-4-2-6-23-15/h2,4,6-9H,1,3,5H2. The highest BCUT2D eigenvalue weighted by Crippen LogP contribution is 2.33. The van der Waals surface area contributed by atoms with Crippen LogP contribution in [-0.2, 0) is 6.42 Å². The van der Waals surface area contributed by atoms with Gasteiger partial charge in [0.05, 0.1) is 10.6 Å². The summed E-state index contributed by atoms with van der Waals surface area (Å²) in [5, 5.41) is 4.42. The van der Waals surface area contributed by atoms with Crippen LogP contribution in [0.25, 0.3) is 9.88 Å². The second-order valence-corrected chi connectivity index (χ2v) is 7.27. The molecule has 0 aliphatic carbocycles. The van der Waals surface area contributed by atoms with Crippen LogP contribution in [0.3, 0.4) is 0 Å². The lowest BCUT2D eigenvalue weighted by atomic mass is 10.0. The molecular formula is C17H12F2N2OS2. The van der Waals surface area contributed by atoms with E-state index in [1.165, 1.54) is 22.3 Å². The highest BCUT2D eigenvalue weighted by Gasteiger charge is 2.28. The third-order valence-corrected chi connectivity index (χ3v) is 5.82. The van der Waals surface area contributed by atoms with Crippen molar-refractivity contribution in [3.63, 3.8) is 0 Å². The van der Waals surface area contributed by atoms with Gasteiger partial charge in [-0.2, -0.15) is 0 Å². The van der Waals surface area contributed by atoms with E-state index in [4.69, 9.17) is 0 Å². The number of aromatic nitrogens is 1. The third-order valence-electron chi connectivity index (χ3n) is 3.94. The lowest BCUT2D eigenvalue weighted by Crippen LogP contribution is -2.36. The molecule has 0 saturated heterocycles. The van der Waals surface area contributed by atoms with Crippen molar-refractivity contribution in [1.29, 1.82) is 0 Å². The first-order valence-electron chi connectivity index (χ1n) is 7.42. The molecule has 1 aliphatic rings. The first-order valence-corrected chi connectivity index (χ1v) is 9.18. The van der Waals surface area contributed by atoms with Gasteiger partial charge in [0.25, 0.3) is 5.91 Å². The van der Waals surface area contributed by atoms with Gasteiger partial charge in [-0.25, -0.2) is 13.8 Å². The zero-order chi connectivity index (χ0) is 16.7. The first-order chi connectivity index (χ1) is 11.6. The number of thiazole rings is 1. The summed E-state index contributed by atoms with van der Waals surface area (Å²) in [6.07, 6.45) is 1.14. The Hall–Kier alpha value is -2.12. The first kappa shape index (κ1) is 15.4. The second-order valence-electron chi connectivity index (χ2n) is 5.46. The Balaban J connectivity index is 1.69. The molecule has 0 N–H and O–H groups in total. The van der Waals surface area contributed by atoms with Crippen LogP contribution >= 0.6 is 22.7 Å². The molecule has 0 fully saturated rings. The van der Waals surface area contributed by atoms with Gasteiger partial charge in [0.2, 0.25) is 0 Å². The third kappa shape index (κ3) is 2.63. The van der Waals surface area contributed by atoms with Crippen molar-refractivity contribution in [2.24, 2.45) is 0 Å². The fraction of sp³-hybridized carbons (Fsp3) is 0.176. The monoisotopic (exact) mass is 362 g/mol. The van der Waals surface area contributed by atoms with Crippen molar-refractivity contribution in [1.82, 2.24) is 4.98 Å². The molecule has 0 saturated carbocycles. The van der Waals surface area contributed by atoms with Crippen LogP contribution in [0.1, 0.15) is 22.5 Å². The molecule has 3 nitrogen and oxygen atoms in total. The summed E-state index contributed by atoms with van der Waals surface area (Å²) >= 11 is 2.94. The maximum Gasteiger partial charge on any atom is 0.277 e. The Bertz CT molecular complexity index is 905. The Kier molecular flexibility index (Phi) is 3.90. The van der Waals surface area contributed by atoms with Gasteiger partial charge in [-0.3, -0.25) is 4.79 Å². The van der Waals surface area contributed by atoms with E-state index in [-0.39, 0.29) is 5.91 Å². The van der Waals surface area contributed by atoms with Gasteiger partial charge >= 0.3 is 0 Å². The van der Waals surface area contributed by atoms with Crippen molar-refractivity contribution in [2.45, 2.75) is 12.8 Å². The van der Waals surface area contributed by atoms with Gasteiger partial charge in [0.1, 0.15) is 22.3 Å². The van der Waals surface area contributed by atoms with Crippen molar-refractivity contribution in [2.75, 3.05) is 11.4 Å². The Labute approximate surface area is 145 Å². The van der Waals surface area contributed by atoms with Gasteiger partial charge in [-0.1, -0.05) is 6.07 Å². The van der Waals surface area contributed by atoms with E-state index in [1.807, 2.05) is 17.5 Å². The maximum absolute atomic E-state index is 14.0. The molecule has 0 unspecified atom stereocenters. The number of rotatable bonds is 2. The molecule has 1 aromatic carbocycles. The van der Waals surface area contributed by atoms with Crippen LogP contribution in [0, 0.1) is 11.6 Å². The molecule has 2 aromatic heterocycles. The van der Waals surface area contributed by atoms with E-state index < -0.39 is 11.6 Å². The van der Waals surface area contributed by atoms with Crippen molar-refractivity contribution in [3.05, 3.63) is 57.9 Å².